The van der Waals surface area contributed by atoms with E-state index < -0.39 is 0 Å². The van der Waals surface area contributed by atoms with Crippen LogP contribution in [0, 0.1) is 5.92 Å². The normalized spacial score (nSPS) is 26.2. The van der Waals surface area contributed by atoms with Gasteiger partial charge in [0.25, 0.3) is 0 Å². The monoisotopic (exact) mass is 254 g/mol. The van der Waals surface area contributed by atoms with Crippen molar-refractivity contribution in [2.45, 2.75) is 45.3 Å². The number of rotatable bonds is 6. The van der Waals surface area contributed by atoms with Crippen LogP contribution in [0.3, 0.4) is 0 Å². The SMILES string of the molecule is CCCNC(Cc1cncs1)C1OCCC1C. The molecule has 1 aliphatic rings. The minimum Gasteiger partial charge on any atom is -0.376 e. The zero-order valence-corrected chi connectivity index (χ0v) is 11.5. The highest BCUT2D eigenvalue weighted by Crippen LogP contribution is 2.25. The topological polar surface area (TPSA) is 34.2 Å². The third-order valence-electron chi connectivity index (χ3n) is 3.40. The van der Waals surface area contributed by atoms with Crippen molar-refractivity contribution in [2.24, 2.45) is 5.92 Å². The zero-order valence-electron chi connectivity index (χ0n) is 10.7. The van der Waals surface area contributed by atoms with Crippen molar-refractivity contribution in [3.05, 3.63) is 16.6 Å². The lowest BCUT2D eigenvalue weighted by atomic mass is 9.95. The Kier molecular flexibility index (Phi) is 4.95. The summed E-state index contributed by atoms with van der Waals surface area (Å²) < 4.78 is 5.89. The molecule has 96 valence electrons. The summed E-state index contributed by atoms with van der Waals surface area (Å²) >= 11 is 1.74. The van der Waals surface area contributed by atoms with Gasteiger partial charge in [-0.15, -0.1) is 11.3 Å². The van der Waals surface area contributed by atoms with Gasteiger partial charge in [0, 0.05) is 30.1 Å². The maximum absolute atomic E-state index is 5.89. The van der Waals surface area contributed by atoms with E-state index in [1.54, 1.807) is 11.3 Å². The van der Waals surface area contributed by atoms with Gasteiger partial charge >= 0.3 is 0 Å². The molecule has 4 heteroatoms. The standard InChI is InChI=1S/C13H22N2OS/c1-3-5-15-12(7-11-8-14-9-17-11)13-10(2)4-6-16-13/h8-10,12-13,15H,3-7H2,1-2H3. The van der Waals surface area contributed by atoms with Gasteiger partial charge in [0.15, 0.2) is 0 Å². The quantitative estimate of drug-likeness (QED) is 0.847. The van der Waals surface area contributed by atoms with Gasteiger partial charge in [0.1, 0.15) is 0 Å². The molecule has 1 aromatic rings. The van der Waals surface area contributed by atoms with Gasteiger partial charge in [0.05, 0.1) is 11.6 Å². The molecule has 3 nitrogen and oxygen atoms in total. The Balaban J connectivity index is 1.97. The van der Waals surface area contributed by atoms with Gasteiger partial charge in [0.2, 0.25) is 0 Å². The van der Waals surface area contributed by atoms with E-state index in [0.717, 1.165) is 19.6 Å². The number of ether oxygens (including phenoxy) is 1. The van der Waals surface area contributed by atoms with Crippen LogP contribution < -0.4 is 5.32 Å². The first-order valence-corrected chi connectivity index (χ1v) is 7.41. The summed E-state index contributed by atoms with van der Waals surface area (Å²) in [4.78, 5) is 5.50. The Labute approximate surface area is 108 Å². The molecule has 0 spiro atoms. The van der Waals surface area contributed by atoms with Crippen LogP contribution in [0.2, 0.25) is 0 Å². The lowest BCUT2D eigenvalue weighted by Crippen LogP contribution is -2.44. The number of nitrogens with zero attached hydrogens (tertiary/aromatic N) is 1. The van der Waals surface area contributed by atoms with Crippen LogP contribution in [0.15, 0.2) is 11.7 Å². The maximum Gasteiger partial charge on any atom is 0.0794 e. The molecule has 3 unspecified atom stereocenters. The molecule has 0 aliphatic carbocycles. The number of nitrogens with one attached hydrogen (secondary N) is 1. The summed E-state index contributed by atoms with van der Waals surface area (Å²) in [7, 11) is 0. The molecule has 0 saturated carbocycles. The smallest absolute Gasteiger partial charge is 0.0794 e. The molecule has 17 heavy (non-hydrogen) atoms. The molecular weight excluding hydrogens is 232 g/mol. The fraction of sp³-hybridized carbons (Fsp3) is 0.769. The molecule has 0 amide bonds. The van der Waals surface area contributed by atoms with Gasteiger partial charge in [-0.1, -0.05) is 13.8 Å². The van der Waals surface area contributed by atoms with E-state index >= 15 is 0 Å². The van der Waals surface area contributed by atoms with Gasteiger partial charge in [-0.25, -0.2) is 0 Å². The average Bonchev–Trinajstić information content (AvgIpc) is 2.95. The van der Waals surface area contributed by atoms with Crippen LogP contribution in [-0.4, -0.2) is 30.3 Å². The minimum atomic E-state index is 0.364. The minimum absolute atomic E-state index is 0.364. The number of aromatic nitrogens is 1. The van der Waals surface area contributed by atoms with E-state index in [9.17, 15) is 0 Å². The molecule has 0 aromatic carbocycles. The first-order valence-electron chi connectivity index (χ1n) is 6.53. The zero-order chi connectivity index (χ0) is 12.1. The second kappa shape index (κ2) is 6.47. The molecule has 2 rings (SSSR count). The van der Waals surface area contributed by atoms with Crippen LogP contribution in [0.4, 0.5) is 0 Å². The Morgan fingerprint density at radius 1 is 1.65 bits per heavy atom. The fourth-order valence-electron chi connectivity index (χ4n) is 2.43. The second-order valence-electron chi connectivity index (χ2n) is 4.83. The van der Waals surface area contributed by atoms with Gasteiger partial charge in [-0.05, 0) is 25.3 Å². The molecular formula is C13H22N2OS. The number of thiazole rings is 1. The van der Waals surface area contributed by atoms with Crippen LogP contribution in [-0.2, 0) is 11.2 Å². The highest BCUT2D eigenvalue weighted by atomic mass is 32.1. The Morgan fingerprint density at radius 3 is 3.12 bits per heavy atom. The van der Waals surface area contributed by atoms with E-state index in [2.05, 4.69) is 24.1 Å². The van der Waals surface area contributed by atoms with Crippen LogP contribution in [0.5, 0.6) is 0 Å². The van der Waals surface area contributed by atoms with Crippen LogP contribution in [0.25, 0.3) is 0 Å². The first kappa shape index (κ1) is 13.0. The summed E-state index contributed by atoms with van der Waals surface area (Å²) in [5.41, 5.74) is 1.91. The van der Waals surface area contributed by atoms with E-state index in [-0.39, 0.29) is 0 Å². The predicted molar refractivity (Wildman–Crippen MR) is 71.4 cm³/mol. The molecule has 3 atom stereocenters. The van der Waals surface area contributed by atoms with Crippen molar-refractivity contribution in [2.75, 3.05) is 13.2 Å². The largest absolute Gasteiger partial charge is 0.376 e. The summed E-state index contributed by atoms with van der Waals surface area (Å²) in [5.74, 6) is 0.664. The van der Waals surface area contributed by atoms with Gasteiger partial charge in [-0.3, -0.25) is 4.98 Å². The molecule has 1 fully saturated rings. The molecule has 0 radical (unpaired) electrons. The van der Waals surface area contributed by atoms with Crippen LogP contribution in [0.1, 0.15) is 31.6 Å². The maximum atomic E-state index is 5.89. The Bertz CT molecular complexity index is 315. The van der Waals surface area contributed by atoms with Crippen molar-refractivity contribution in [3.8, 4) is 0 Å². The van der Waals surface area contributed by atoms with E-state index in [1.807, 2.05) is 11.7 Å². The van der Waals surface area contributed by atoms with E-state index in [0.29, 0.717) is 18.1 Å². The van der Waals surface area contributed by atoms with E-state index in [4.69, 9.17) is 4.74 Å². The lowest BCUT2D eigenvalue weighted by Gasteiger charge is -2.26. The summed E-state index contributed by atoms with van der Waals surface area (Å²) in [6.07, 6.45) is 5.74. The highest BCUT2D eigenvalue weighted by molar-refractivity contribution is 7.09. The van der Waals surface area contributed by atoms with Crippen molar-refractivity contribution >= 4 is 11.3 Å². The molecule has 1 aliphatic heterocycles. The number of hydrogen-bond donors (Lipinski definition) is 1. The summed E-state index contributed by atoms with van der Waals surface area (Å²) in [6, 6.07) is 0.438. The average molecular weight is 254 g/mol. The summed E-state index contributed by atoms with van der Waals surface area (Å²) in [5, 5.41) is 3.63. The van der Waals surface area contributed by atoms with E-state index in [1.165, 1.54) is 17.7 Å². The van der Waals surface area contributed by atoms with Gasteiger partial charge < -0.3 is 10.1 Å². The molecule has 1 N–H and O–H groups in total. The summed E-state index contributed by atoms with van der Waals surface area (Å²) in [6.45, 7) is 6.48. The molecule has 2 heterocycles. The third-order valence-corrected chi connectivity index (χ3v) is 4.20. The first-order chi connectivity index (χ1) is 8.31. The highest BCUT2D eigenvalue weighted by Gasteiger charge is 2.31. The van der Waals surface area contributed by atoms with Crippen molar-refractivity contribution < 1.29 is 4.74 Å². The lowest BCUT2D eigenvalue weighted by molar-refractivity contribution is 0.0612. The Hall–Kier alpha value is -0.450. The molecule has 0 bridgehead atoms. The molecule has 1 saturated heterocycles. The van der Waals surface area contributed by atoms with Crippen molar-refractivity contribution in [1.29, 1.82) is 0 Å². The number of hydrogen-bond acceptors (Lipinski definition) is 4. The predicted octanol–water partition coefficient (Wildman–Crippen LogP) is 2.48. The van der Waals surface area contributed by atoms with Crippen molar-refractivity contribution in [1.82, 2.24) is 10.3 Å². The second-order valence-corrected chi connectivity index (χ2v) is 5.80. The fourth-order valence-corrected chi connectivity index (χ4v) is 3.08. The van der Waals surface area contributed by atoms with Crippen molar-refractivity contribution in [3.63, 3.8) is 0 Å². The van der Waals surface area contributed by atoms with Crippen LogP contribution >= 0.6 is 11.3 Å². The Morgan fingerprint density at radius 2 is 2.53 bits per heavy atom. The molecule has 1 aromatic heterocycles. The van der Waals surface area contributed by atoms with Gasteiger partial charge in [-0.2, -0.15) is 0 Å². The third kappa shape index (κ3) is 3.50.